The van der Waals surface area contributed by atoms with Crippen LogP contribution in [0.15, 0.2) is 276 Å². The summed E-state index contributed by atoms with van der Waals surface area (Å²) in [7, 11) is 0. The first-order chi connectivity index (χ1) is 43.6. The fourth-order valence-corrected chi connectivity index (χ4v) is 14.6. The van der Waals surface area contributed by atoms with Gasteiger partial charge < -0.3 is 27.1 Å². The fourth-order valence-electron chi connectivity index (χ4n) is 14.6. The number of nitriles is 1. The highest BCUT2D eigenvalue weighted by Crippen LogP contribution is 2.48. The van der Waals surface area contributed by atoms with E-state index in [1.54, 1.807) is 0 Å². The first kappa shape index (κ1) is 48.1. The topological polar surface area (TPSA) is 74.2 Å². The maximum absolute atomic E-state index is 11.6. The van der Waals surface area contributed by atoms with E-state index in [2.05, 4.69) is 248 Å². The predicted octanol–water partition coefficient (Wildman–Crippen LogP) is 21.6. The molecule has 0 bridgehead atoms. The van der Waals surface area contributed by atoms with Crippen LogP contribution in [0.3, 0.4) is 0 Å². The molecule has 19 aromatic rings. The number of para-hydroxylation sites is 6. The summed E-state index contributed by atoms with van der Waals surface area (Å²) in [6.07, 6.45) is 0. The van der Waals surface area contributed by atoms with E-state index in [1.807, 2.05) is 48.5 Å². The smallest absolute Gasteiger partial charge is 0.212 e. The van der Waals surface area contributed by atoms with Gasteiger partial charge in [0.25, 0.3) is 0 Å². The second kappa shape index (κ2) is 18.1. The molecule has 0 N–H and O–H groups in total. The summed E-state index contributed by atoms with van der Waals surface area (Å²) in [5.74, 6) is 0. The third-order valence-corrected chi connectivity index (χ3v) is 18.4. The molecule has 0 amide bonds. The third kappa shape index (κ3) is 6.65. The van der Waals surface area contributed by atoms with Gasteiger partial charge in [0, 0.05) is 65.2 Å². The highest BCUT2D eigenvalue weighted by atomic mass is 16.3. The van der Waals surface area contributed by atoms with Gasteiger partial charge in [0.1, 0.15) is 28.4 Å². The van der Waals surface area contributed by atoms with Gasteiger partial charge in [0.05, 0.1) is 78.4 Å². The Bertz CT molecular complexity index is 5940. The Hall–Kier alpha value is -12.4. The molecule has 8 nitrogen and oxygen atoms in total. The van der Waals surface area contributed by atoms with Crippen molar-refractivity contribution < 1.29 is 8.83 Å². The van der Waals surface area contributed by atoms with Crippen LogP contribution in [0.1, 0.15) is 5.56 Å². The Labute approximate surface area is 501 Å². The highest BCUT2D eigenvalue weighted by molar-refractivity contribution is 6.26. The summed E-state index contributed by atoms with van der Waals surface area (Å²) < 4.78 is 22.8. The van der Waals surface area contributed by atoms with Crippen LogP contribution in [-0.4, -0.2) is 18.3 Å². The van der Waals surface area contributed by atoms with E-state index in [9.17, 15) is 5.26 Å². The molecule has 0 saturated carbocycles. The molecule has 6 heterocycles. The number of furan rings is 2. The predicted molar refractivity (Wildman–Crippen MR) is 360 cm³/mol. The van der Waals surface area contributed by atoms with Crippen LogP contribution in [-0.2, 0) is 0 Å². The van der Waals surface area contributed by atoms with Crippen molar-refractivity contribution in [2.75, 3.05) is 0 Å². The van der Waals surface area contributed by atoms with Crippen molar-refractivity contribution in [1.82, 2.24) is 18.3 Å². The molecule has 0 aliphatic carbocycles. The Morgan fingerprint density at radius 1 is 0.307 bits per heavy atom. The zero-order valence-electron chi connectivity index (χ0n) is 46.9. The lowest BCUT2D eigenvalue weighted by Gasteiger charge is -2.16. The van der Waals surface area contributed by atoms with E-state index in [0.717, 1.165) is 143 Å². The molecule has 19 rings (SSSR count). The van der Waals surface area contributed by atoms with Crippen LogP contribution in [0.4, 0.5) is 5.69 Å². The van der Waals surface area contributed by atoms with E-state index >= 15 is 0 Å². The second-order valence-electron chi connectivity index (χ2n) is 22.9. The van der Waals surface area contributed by atoms with E-state index in [4.69, 9.17) is 15.4 Å². The minimum Gasteiger partial charge on any atom is -0.455 e. The molecule has 0 saturated heterocycles. The maximum atomic E-state index is 11.6. The van der Waals surface area contributed by atoms with Crippen molar-refractivity contribution in [3.8, 4) is 51.1 Å². The molecule has 0 aliphatic rings. The van der Waals surface area contributed by atoms with Crippen LogP contribution in [0.5, 0.6) is 0 Å². The fraction of sp³-hybridized carbons (Fsp3) is 0. The average Bonchev–Trinajstić information content (AvgIpc) is 1.62. The molecule has 13 aromatic carbocycles. The SMILES string of the molecule is [C-]#[N+]c1cc(-n2c3ccc(-c4ccc5c6ccccc6n(-c6ccccc6)c5c4)cc3c3c4oc5ccccc5c4ccc32)c(C#N)cc1-n1c2ccc(-c3ccc4c5ccccc5n(-c5ccccc5)c4c3)cc2c2c3oc4ccccc4c3ccc21. The molecule has 406 valence electrons. The van der Waals surface area contributed by atoms with Crippen LogP contribution in [0.25, 0.3) is 181 Å². The molecule has 0 aliphatic heterocycles. The summed E-state index contributed by atoms with van der Waals surface area (Å²) in [6, 6.07) is 96.3. The molecule has 0 radical (unpaired) electrons. The zero-order chi connectivity index (χ0) is 57.9. The summed E-state index contributed by atoms with van der Waals surface area (Å²) in [4.78, 5) is 4.35. The van der Waals surface area contributed by atoms with Crippen molar-refractivity contribution >= 4 is 137 Å². The van der Waals surface area contributed by atoms with Gasteiger partial charge >= 0.3 is 0 Å². The van der Waals surface area contributed by atoms with Gasteiger partial charge in [0.15, 0.2) is 0 Å². The normalized spacial score (nSPS) is 12.1. The van der Waals surface area contributed by atoms with Gasteiger partial charge in [-0.05, 0) is 144 Å². The first-order valence-corrected chi connectivity index (χ1v) is 29.5. The summed E-state index contributed by atoms with van der Waals surface area (Å²) in [5, 5.41) is 24.2. The standard InChI is InChI=1S/C80H44N6O2/c1-82-64-45-71(85-67-36-30-47(40-62(67)77-69(85)38-34-60-58-22-10-14-26-75(58)87-79(60)77)49-28-32-56-54-20-8-12-24-65(54)83(72(56)42-49)52-16-4-2-5-17-52)51(46-81)44-74(64)86-68-37-31-48(41-63(68)78-70(86)39-35-61-59-23-11-15-27-76(59)88-80(61)78)50-29-33-57-55-21-9-13-25-66(55)84(73(57)43-50)53-18-6-3-7-19-53/h2-45H. The molecule has 0 fully saturated rings. The third-order valence-electron chi connectivity index (χ3n) is 18.4. The Kier molecular flexibility index (Phi) is 9.87. The van der Waals surface area contributed by atoms with E-state index in [1.165, 1.54) is 21.5 Å². The van der Waals surface area contributed by atoms with Crippen LogP contribution in [0, 0.1) is 17.9 Å². The number of aromatic nitrogens is 4. The number of benzene rings is 13. The maximum Gasteiger partial charge on any atom is 0.212 e. The minimum atomic E-state index is 0.388. The van der Waals surface area contributed by atoms with Gasteiger partial charge in [-0.2, -0.15) is 5.26 Å². The number of hydrogen-bond donors (Lipinski definition) is 0. The minimum absolute atomic E-state index is 0.388. The zero-order valence-corrected chi connectivity index (χ0v) is 46.9. The van der Waals surface area contributed by atoms with Crippen molar-refractivity contribution in [3.05, 3.63) is 284 Å². The van der Waals surface area contributed by atoms with E-state index < -0.39 is 0 Å². The molecule has 0 spiro atoms. The van der Waals surface area contributed by atoms with Gasteiger partial charge in [-0.1, -0.05) is 146 Å². The summed E-state index contributed by atoms with van der Waals surface area (Å²) in [5.41, 5.74) is 19.5. The van der Waals surface area contributed by atoms with Crippen molar-refractivity contribution in [1.29, 1.82) is 5.26 Å². The van der Waals surface area contributed by atoms with Crippen molar-refractivity contribution in [2.24, 2.45) is 0 Å². The summed E-state index contributed by atoms with van der Waals surface area (Å²) >= 11 is 0. The number of nitrogens with zero attached hydrogens (tertiary/aromatic N) is 6. The molecule has 0 atom stereocenters. The van der Waals surface area contributed by atoms with Gasteiger partial charge in [-0.25, -0.2) is 4.85 Å². The highest BCUT2D eigenvalue weighted by Gasteiger charge is 2.26. The average molecular weight is 1120 g/mol. The summed E-state index contributed by atoms with van der Waals surface area (Å²) in [6.45, 7) is 9.05. The van der Waals surface area contributed by atoms with E-state index in [-0.39, 0.29) is 0 Å². The van der Waals surface area contributed by atoms with Crippen LogP contribution < -0.4 is 0 Å². The van der Waals surface area contributed by atoms with Crippen molar-refractivity contribution in [2.45, 2.75) is 0 Å². The molecular formula is C80H44N6O2. The van der Waals surface area contributed by atoms with Gasteiger partial charge in [-0.15, -0.1) is 0 Å². The number of rotatable bonds is 6. The quantitative estimate of drug-likeness (QED) is 0.156. The Morgan fingerprint density at radius 3 is 1.18 bits per heavy atom. The Morgan fingerprint density at radius 2 is 0.693 bits per heavy atom. The second-order valence-corrected chi connectivity index (χ2v) is 22.9. The van der Waals surface area contributed by atoms with Gasteiger partial charge in [0.2, 0.25) is 5.69 Å². The molecule has 88 heavy (non-hydrogen) atoms. The van der Waals surface area contributed by atoms with Crippen molar-refractivity contribution in [3.63, 3.8) is 0 Å². The lowest BCUT2D eigenvalue weighted by atomic mass is 10.0. The largest absolute Gasteiger partial charge is 0.455 e. The van der Waals surface area contributed by atoms with Crippen LogP contribution in [0.2, 0.25) is 0 Å². The number of hydrogen-bond acceptors (Lipinski definition) is 3. The first-order valence-electron chi connectivity index (χ1n) is 29.5. The number of fused-ring (bicyclic) bond motifs is 20. The lowest BCUT2D eigenvalue weighted by Crippen LogP contribution is -2.01. The monoisotopic (exact) mass is 1120 g/mol. The lowest BCUT2D eigenvalue weighted by molar-refractivity contribution is 0.672. The molecule has 8 heteroatoms. The Balaban J connectivity index is 0.829. The van der Waals surface area contributed by atoms with Gasteiger partial charge in [-0.3, -0.25) is 0 Å². The van der Waals surface area contributed by atoms with E-state index in [0.29, 0.717) is 22.6 Å². The molecule has 6 aromatic heterocycles. The van der Waals surface area contributed by atoms with Crippen LogP contribution >= 0.6 is 0 Å². The molecular weight excluding hydrogens is 1080 g/mol. The molecule has 0 unspecified atom stereocenters.